The van der Waals surface area contributed by atoms with Crippen LogP contribution in [0.2, 0.25) is 0 Å². The van der Waals surface area contributed by atoms with E-state index in [9.17, 15) is 0 Å². The molecule has 0 aliphatic rings. The number of hydrogen-bond acceptors (Lipinski definition) is 3. The van der Waals surface area contributed by atoms with Crippen molar-refractivity contribution in [3.63, 3.8) is 0 Å². The predicted molar refractivity (Wildman–Crippen MR) is 91.6 cm³/mol. The Morgan fingerprint density at radius 3 is 1.82 bits per heavy atom. The van der Waals surface area contributed by atoms with Crippen LogP contribution in [0.5, 0.6) is 0 Å². The van der Waals surface area contributed by atoms with Gasteiger partial charge in [0.2, 0.25) is 0 Å². The van der Waals surface area contributed by atoms with E-state index in [2.05, 4.69) is 70.9 Å². The molecule has 0 spiro atoms. The molecule has 3 heteroatoms. The minimum absolute atomic E-state index is 0.206. The summed E-state index contributed by atoms with van der Waals surface area (Å²) in [5.74, 6) is 0. The summed E-state index contributed by atoms with van der Waals surface area (Å²) < 4.78 is 0. The van der Waals surface area contributed by atoms with Crippen LogP contribution in [0.1, 0.15) is 17.5 Å². The summed E-state index contributed by atoms with van der Waals surface area (Å²) in [6, 6.07) is 21.2. The van der Waals surface area contributed by atoms with Crippen molar-refractivity contribution in [3.05, 3.63) is 71.8 Å². The van der Waals surface area contributed by atoms with Crippen molar-refractivity contribution < 1.29 is 5.11 Å². The fourth-order valence-corrected chi connectivity index (χ4v) is 2.53. The van der Waals surface area contributed by atoms with Gasteiger partial charge < -0.3 is 10.4 Å². The molecule has 22 heavy (non-hydrogen) atoms. The number of aliphatic hydroxyl groups excluding tert-OH is 1. The standard InChI is InChI=1S/C19H26N2O/c22-15-13-20-12-7-14-21(16-18-8-3-1-4-9-18)17-19-10-5-2-6-11-19/h1-6,8-11,20,22H,7,12-17H2. The third kappa shape index (κ3) is 6.39. The second-order valence-corrected chi connectivity index (χ2v) is 5.51. The van der Waals surface area contributed by atoms with Crippen LogP contribution in [-0.2, 0) is 13.1 Å². The maximum absolute atomic E-state index is 8.79. The van der Waals surface area contributed by atoms with E-state index in [0.717, 1.165) is 32.6 Å². The van der Waals surface area contributed by atoms with Gasteiger partial charge in [-0.3, -0.25) is 4.90 Å². The Morgan fingerprint density at radius 1 is 0.773 bits per heavy atom. The molecule has 0 aliphatic heterocycles. The van der Waals surface area contributed by atoms with Gasteiger partial charge in [-0.05, 0) is 24.1 Å². The first-order valence-electron chi connectivity index (χ1n) is 8.00. The van der Waals surface area contributed by atoms with Crippen molar-refractivity contribution >= 4 is 0 Å². The van der Waals surface area contributed by atoms with Crippen LogP contribution in [-0.4, -0.2) is 36.2 Å². The van der Waals surface area contributed by atoms with Crippen molar-refractivity contribution in [2.24, 2.45) is 0 Å². The fraction of sp³-hybridized carbons (Fsp3) is 0.368. The molecule has 0 bridgehead atoms. The first-order chi connectivity index (χ1) is 10.9. The fourth-order valence-electron chi connectivity index (χ4n) is 2.53. The van der Waals surface area contributed by atoms with Crippen molar-refractivity contribution in [1.82, 2.24) is 10.2 Å². The summed E-state index contributed by atoms with van der Waals surface area (Å²) in [6.07, 6.45) is 1.08. The third-order valence-electron chi connectivity index (χ3n) is 3.61. The molecule has 0 aromatic heterocycles. The molecule has 2 aromatic rings. The molecule has 3 nitrogen and oxygen atoms in total. The topological polar surface area (TPSA) is 35.5 Å². The summed E-state index contributed by atoms with van der Waals surface area (Å²) >= 11 is 0. The Hall–Kier alpha value is -1.68. The zero-order valence-corrected chi connectivity index (χ0v) is 13.1. The summed E-state index contributed by atoms with van der Waals surface area (Å²) in [7, 11) is 0. The Morgan fingerprint density at radius 2 is 1.32 bits per heavy atom. The molecule has 2 aromatic carbocycles. The molecule has 0 heterocycles. The largest absolute Gasteiger partial charge is 0.395 e. The number of nitrogens with zero attached hydrogens (tertiary/aromatic N) is 1. The lowest BCUT2D eigenvalue weighted by Gasteiger charge is -2.22. The van der Waals surface area contributed by atoms with Gasteiger partial charge in [-0.1, -0.05) is 60.7 Å². The molecule has 0 saturated carbocycles. The Labute approximate surface area is 133 Å². The predicted octanol–water partition coefficient (Wildman–Crippen LogP) is 2.66. The molecule has 0 unspecified atom stereocenters. The first-order valence-corrected chi connectivity index (χ1v) is 8.00. The van der Waals surface area contributed by atoms with Crippen molar-refractivity contribution in [1.29, 1.82) is 0 Å². The highest BCUT2D eigenvalue weighted by Crippen LogP contribution is 2.10. The quantitative estimate of drug-likeness (QED) is 0.662. The summed E-state index contributed by atoms with van der Waals surface area (Å²) in [6.45, 7) is 4.81. The minimum Gasteiger partial charge on any atom is -0.395 e. The number of hydrogen-bond donors (Lipinski definition) is 2. The van der Waals surface area contributed by atoms with Crippen LogP contribution in [0, 0.1) is 0 Å². The highest BCUT2D eigenvalue weighted by Gasteiger charge is 2.06. The zero-order chi connectivity index (χ0) is 15.5. The van der Waals surface area contributed by atoms with Crippen LogP contribution in [0.3, 0.4) is 0 Å². The van der Waals surface area contributed by atoms with Crippen molar-refractivity contribution in [2.45, 2.75) is 19.5 Å². The zero-order valence-electron chi connectivity index (χ0n) is 13.1. The number of nitrogens with one attached hydrogen (secondary N) is 1. The van der Waals surface area contributed by atoms with Crippen LogP contribution < -0.4 is 5.32 Å². The van der Waals surface area contributed by atoms with E-state index in [1.165, 1.54) is 11.1 Å². The Balaban J connectivity index is 1.88. The van der Waals surface area contributed by atoms with Crippen molar-refractivity contribution in [3.8, 4) is 0 Å². The van der Waals surface area contributed by atoms with Gasteiger partial charge in [0, 0.05) is 26.2 Å². The molecule has 2 N–H and O–H groups in total. The third-order valence-corrected chi connectivity index (χ3v) is 3.61. The average molecular weight is 298 g/mol. The lowest BCUT2D eigenvalue weighted by molar-refractivity contribution is 0.249. The van der Waals surface area contributed by atoms with Gasteiger partial charge in [0.15, 0.2) is 0 Å². The lowest BCUT2D eigenvalue weighted by atomic mass is 10.1. The SMILES string of the molecule is OCCNCCCN(Cc1ccccc1)Cc1ccccc1. The van der Waals surface area contributed by atoms with Crippen LogP contribution >= 0.6 is 0 Å². The van der Waals surface area contributed by atoms with Crippen LogP contribution in [0.15, 0.2) is 60.7 Å². The molecule has 0 amide bonds. The highest BCUT2D eigenvalue weighted by molar-refractivity contribution is 5.17. The van der Waals surface area contributed by atoms with Gasteiger partial charge in [0.25, 0.3) is 0 Å². The molecule has 2 rings (SSSR count). The molecular formula is C19H26N2O. The number of aliphatic hydroxyl groups is 1. The molecule has 0 aliphatic carbocycles. The number of rotatable bonds is 10. The first kappa shape index (κ1) is 16.7. The molecule has 0 atom stereocenters. The van der Waals surface area contributed by atoms with Gasteiger partial charge in [0.05, 0.1) is 6.61 Å². The second-order valence-electron chi connectivity index (χ2n) is 5.51. The second kappa shape index (κ2) is 10.1. The van der Waals surface area contributed by atoms with Gasteiger partial charge in [-0.15, -0.1) is 0 Å². The van der Waals surface area contributed by atoms with E-state index < -0.39 is 0 Å². The van der Waals surface area contributed by atoms with Gasteiger partial charge >= 0.3 is 0 Å². The summed E-state index contributed by atoms with van der Waals surface area (Å²) in [5.41, 5.74) is 2.70. The summed E-state index contributed by atoms with van der Waals surface area (Å²) in [4.78, 5) is 2.48. The van der Waals surface area contributed by atoms with E-state index in [0.29, 0.717) is 6.54 Å². The minimum atomic E-state index is 0.206. The monoisotopic (exact) mass is 298 g/mol. The normalized spacial score (nSPS) is 11.0. The average Bonchev–Trinajstić information content (AvgIpc) is 2.56. The van der Waals surface area contributed by atoms with E-state index in [1.54, 1.807) is 0 Å². The molecule has 0 saturated heterocycles. The maximum atomic E-state index is 8.79. The van der Waals surface area contributed by atoms with Crippen LogP contribution in [0.4, 0.5) is 0 Å². The smallest absolute Gasteiger partial charge is 0.0555 e. The highest BCUT2D eigenvalue weighted by atomic mass is 16.3. The van der Waals surface area contributed by atoms with Gasteiger partial charge in [0.1, 0.15) is 0 Å². The summed E-state index contributed by atoms with van der Waals surface area (Å²) in [5, 5.41) is 12.0. The van der Waals surface area contributed by atoms with Gasteiger partial charge in [-0.25, -0.2) is 0 Å². The van der Waals surface area contributed by atoms with E-state index in [1.807, 2.05) is 0 Å². The van der Waals surface area contributed by atoms with E-state index in [4.69, 9.17) is 5.11 Å². The van der Waals surface area contributed by atoms with Gasteiger partial charge in [-0.2, -0.15) is 0 Å². The van der Waals surface area contributed by atoms with Crippen molar-refractivity contribution in [2.75, 3.05) is 26.2 Å². The Kier molecular flexibility index (Phi) is 7.67. The maximum Gasteiger partial charge on any atom is 0.0555 e. The molecule has 0 radical (unpaired) electrons. The Bertz CT molecular complexity index is 460. The van der Waals surface area contributed by atoms with E-state index >= 15 is 0 Å². The van der Waals surface area contributed by atoms with Crippen LogP contribution in [0.25, 0.3) is 0 Å². The molecular weight excluding hydrogens is 272 g/mol. The number of benzene rings is 2. The molecule has 0 fully saturated rings. The van der Waals surface area contributed by atoms with E-state index in [-0.39, 0.29) is 6.61 Å². The lowest BCUT2D eigenvalue weighted by Crippen LogP contribution is -2.28. The molecule has 118 valence electrons.